The van der Waals surface area contributed by atoms with E-state index in [9.17, 15) is 4.79 Å². The average molecular weight is 204 g/mol. The first-order valence-corrected chi connectivity index (χ1v) is 5.05. The van der Waals surface area contributed by atoms with Crippen LogP contribution in [0.15, 0.2) is 47.8 Å². The lowest BCUT2D eigenvalue weighted by Crippen LogP contribution is -2.05. The maximum Gasteiger partial charge on any atom is 0.353 e. The standard InChI is InChI=1S/C11H8O2S/c12-11(10-7-4-8-14-10)13-9-5-2-1-3-6-9/h1-8H. The van der Waals surface area contributed by atoms with Crippen LogP contribution in [0.5, 0.6) is 5.75 Å². The first-order chi connectivity index (χ1) is 6.86. The van der Waals surface area contributed by atoms with E-state index in [0.717, 1.165) is 0 Å². The second-order valence-corrected chi connectivity index (χ2v) is 3.63. The van der Waals surface area contributed by atoms with Crippen LogP contribution in [0.3, 0.4) is 0 Å². The van der Waals surface area contributed by atoms with Crippen LogP contribution in [0.2, 0.25) is 0 Å². The third-order valence-electron chi connectivity index (χ3n) is 1.68. The summed E-state index contributed by atoms with van der Waals surface area (Å²) in [6.07, 6.45) is 0. The van der Waals surface area contributed by atoms with Crippen molar-refractivity contribution in [3.63, 3.8) is 0 Å². The van der Waals surface area contributed by atoms with Gasteiger partial charge in [-0.15, -0.1) is 11.3 Å². The Kier molecular flexibility index (Phi) is 2.60. The molecule has 1 heterocycles. The SMILES string of the molecule is O=C(Oc1ccccc1)c1cccs1. The molecule has 14 heavy (non-hydrogen) atoms. The zero-order chi connectivity index (χ0) is 9.80. The minimum Gasteiger partial charge on any atom is -0.422 e. The highest BCUT2D eigenvalue weighted by atomic mass is 32.1. The largest absolute Gasteiger partial charge is 0.422 e. The lowest BCUT2D eigenvalue weighted by molar-refractivity contribution is 0.0740. The minimum absolute atomic E-state index is 0.300. The highest BCUT2D eigenvalue weighted by Gasteiger charge is 2.08. The predicted octanol–water partition coefficient (Wildman–Crippen LogP) is 2.97. The first-order valence-electron chi connectivity index (χ1n) is 4.17. The van der Waals surface area contributed by atoms with Gasteiger partial charge in [-0.2, -0.15) is 0 Å². The van der Waals surface area contributed by atoms with Crippen LogP contribution in [-0.4, -0.2) is 5.97 Å². The van der Waals surface area contributed by atoms with Gasteiger partial charge in [0.05, 0.1) is 0 Å². The number of thiophene rings is 1. The molecule has 2 nitrogen and oxygen atoms in total. The Morgan fingerprint density at radius 1 is 1.07 bits per heavy atom. The third-order valence-corrected chi connectivity index (χ3v) is 2.53. The number of rotatable bonds is 2. The van der Waals surface area contributed by atoms with Gasteiger partial charge >= 0.3 is 5.97 Å². The molecule has 0 fully saturated rings. The van der Waals surface area contributed by atoms with Crippen LogP contribution < -0.4 is 4.74 Å². The van der Waals surface area contributed by atoms with Gasteiger partial charge in [0.1, 0.15) is 10.6 Å². The zero-order valence-electron chi connectivity index (χ0n) is 7.34. The molecule has 0 aliphatic heterocycles. The predicted molar refractivity (Wildman–Crippen MR) is 55.7 cm³/mol. The molecule has 0 radical (unpaired) electrons. The average Bonchev–Trinajstić information content (AvgIpc) is 2.72. The quantitative estimate of drug-likeness (QED) is 0.555. The van der Waals surface area contributed by atoms with E-state index in [1.807, 2.05) is 29.6 Å². The van der Waals surface area contributed by atoms with Crippen LogP contribution in [0.1, 0.15) is 9.67 Å². The molecule has 0 amide bonds. The molecule has 0 unspecified atom stereocenters. The maximum atomic E-state index is 11.5. The summed E-state index contributed by atoms with van der Waals surface area (Å²) in [6.45, 7) is 0. The molecule has 0 atom stereocenters. The van der Waals surface area contributed by atoms with E-state index in [1.54, 1.807) is 18.2 Å². The number of carbonyl (C=O) groups excluding carboxylic acids is 1. The summed E-state index contributed by atoms with van der Waals surface area (Å²) < 4.78 is 5.13. The molecule has 2 aromatic rings. The molecular weight excluding hydrogens is 196 g/mol. The summed E-state index contributed by atoms with van der Waals surface area (Å²) in [6, 6.07) is 12.6. The molecule has 1 aromatic carbocycles. The van der Waals surface area contributed by atoms with Crippen molar-refractivity contribution >= 4 is 17.3 Å². The summed E-state index contributed by atoms with van der Waals surface area (Å²) in [5.74, 6) is 0.275. The van der Waals surface area contributed by atoms with Crippen molar-refractivity contribution in [1.29, 1.82) is 0 Å². The Balaban J connectivity index is 2.10. The molecule has 0 saturated heterocycles. The van der Waals surface area contributed by atoms with Gasteiger partial charge in [-0.25, -0.2) is 4.79 Å². The number of esters is 1. The van der Waals surface area contributed by atoms with E-state index in [4.69, 9.17) is 4.74 Å². The Morgan fingerprint density at radius 2 is 1.86 bits per heavy atom. The summed E-state index contributed by atoms with van der Waals surface area (Å²) in [5.41, 5.74) is 0. The molecular formula is C11H8O2S. The fraction of sp³-hybridized carbons (Fsp3) is 0. The van der Waals surface area contributed by atoms with Crippen LogP contribution in [-0.2, 0) is 0 Å². The summed E-state index contributed by atoms with van der Waals surface area (Å²) in [7, 11) is 0. The Labute approximate surface area is 85.8 Å². The lowest BCUT2D eigenvalue weighted by atomic mass is 10.3. The molecule has 3 heteroatoms. The Bertz CT molecular complexity index is 406. The number of ether oxygens (including phenoxy) is 1. The van der Waals surface area contributed by atoms with Crippen molar-refractivity contribution in [3.05, 3.63) is 52.7 Å². The molecule has 0 aliphatic rings. The van der Waals surface area contributed by atoms with Crippen LogP contribution in [0, 0.1) is 0 Å². The molecule has 2 rings (SSSR count). The van der Waals surface area contributed by atoms with E-state index in [2.05, 4.69) is 0 Å². The van der Waals surface area contributed by atoms with E-state index >= 15 is 0 Å². The van der Waals surface area contributed by atoms with Gasteiger partial charge in [0, 0.05) is 0 Å². The highest BCUT2D eigenvalue weighted by Crippen LogP contribution is 2.14. The minimum atomic E-state index is -0.300. The van der Waals surface area contributed by atoms with Crippen LogP contribution >= 0.6 is 11.3 Å². The summed E-state index contributed by atoms with van der Waals surface area (Å²) in [5, 5.41) is 1.85. The van der Waals surface area contributed by atoms with Gasteiger partial charge in [-0.3, -0.25) is 0 Å². The van der Waals surface area contributed by atoms with Crippen LogP contribution in [0.25, 0.3) is 0 Å². The molecule has 0 aliphatic carbocycles. The van der Waals surface area contributed by atoms with Gasteiger partial charge < -0.3 is 4.74 Å². The van der Waals surface area contributed by atoms with Gasteiger partial charge in [0.25, 0.3) is 0 Å². The van der Waals surface area contributed by atoms with Crippen molar-refractivity contribution in [2.45, 2.75) is 0 Å². The van der Waals surface area contributed by atoms with E-state index in [-0.39, 0.29) is 5.97 Å². The number of benzene rings is 1. The fourth-order valence-electron chi connectivity index (χ4n) is 1.04. The molecule has 0 bridgehead atoms. The van der Waals surface area contributed by atoms with Gasteiger partial charge in [-0.1, -0.05) is 24.3 Å². The summed E-state index contributed by atoms with van der Waals surface area (Å²) in [4.78, 5) is 12.1. The van der Waals surface area contributed by atoms with Crippen LogP contribution in [0.4, 0.5) is 0 Å². The van der Waals surface area contributed by atoms with Crippen molar-refractivity contribution in [1.82, 2.24) is 0 Å². The van der Waals surface area contributed by atoms with Crippen molar-refractivity contribution < 1.29 is 9.53 Å². The topological polar surface area (TPSA) is 26.3 Å². The number of hydrogen-bond donors (Lipinski definition) is 0. The molecule has 0 N–H and O–H groups in total. The lowest BCUT2D eigenvalue weighted by Gasteiger charge is -2.00. The molecule has 1 aromatic heterocycles. The number of hydrogen-bond acceptors (Lipinski definition) is 3. The third kappa shape index (κ3) is 2.00. The Hall–Kier alpha value is -1.61. The van der Waals surface area contributed by atoms with E-state index < -0.39 is 0 Å². The van der Waals surface area contributed by atoms with Crippen molar-refractivity contribution in [2.75, 3.05) is 0 Å². The monoisotopic (exact) mass is 204 g/mol. The second kappa shape index (κ2) is 4.07. The highest BCUT2D eigenvalue weighted by molar-refractivity contribution is 7.12. The zero-order valence-corrected chi connectivity index (χ0v) is 8.16. The van der Waals surface area contributed by atoms with Gasteiger partial charge in [0.2, 0.25) is 0 Å². The number of carbonyl (C=O) groups is 1. The molecule has 0 saturated carbocycles. The van der Waals surface area contributed by atoms with E-state index in [0.29, 0.717) is 10.6 Å². The van der Waals surface area contributed by atoms with Crippen molar-refractivity contribution in [2.24, 2.45) is 0 Å². The van der Waals surface area contributed by atoms with Crippen molar-refractivity contribution in [3.8, 4) is 5.75 Å². The normalized spacial score (nSPS) is 9.71. The number of para-hydroxylation sites is 1. The molecule has 0 spiro atoms. The van der Waals surface area contributed by atoms with Gasteiger partial charge in [-0.05, 0) is 23.6 Å². The maximum absolute atomic E-state index is 11.5. The smallest absolute Gasteiger partial charge is 0.353 e. The Morgan fingerprint density at radius 3 is 2.50 bits per heavy atom. The second-order valence-electron chi connectivity index (χ2n) is 2.68. The molecule has 70 valence electrons. The van der Waals surface area contributed by atoms with Gasteiger partial charge in [0.15, 0.2) is 0 Å². The summed E-state index contributed by atoms with van der Waals surface area (Å²) >= 11 is 1.38. The van der Waals surface area contributed by atoms with E-state index in [1.165, 1.54) is 11.3 Å². The first kappa shape index (κ1) is 8.97. The fourth-order valence-corrected chi connectivity index (χ4v) is 1.64.